The quantitative estimate of drug-likeness (QED) is 0.894. The van der Waals surface area contributed by atoms with E-state index in [4.69, 9.17) is 5.73 Å². The van der Waals surface area contributed by atoms with E-state index in [1.165, 1.54) is 0 Å². The lowest BCUT2D eigenvalue weighted by atomic mass is 10.2. The Hall–Kier alpha value is -1.37. The lowest BCUT2D eigenvalue weighted by Crippen LogP contribution is -2.14. The van der Waals surface area contributed by atoms with Crippen LogP contribution >= 0.6 is 0 Å². The molecular formula is C13H23F3N4. The molecule has 0 aliphatic heterocycles. The van der Waals surface area contributed by atoms with Crippen LogP contribution in [-0.2, 0) is 6.18 Å². The lowest BCUT2D eigenvalue weighted by molar-refractivity contribution is -0.141. The molecule has 0 aromatic carbocycles. The summed E-state index contributed by atoms with van der Waals surface area (Å²) in [6, 6.07) is 0.848. The van der Waals surface area contributed by atoms with Crippen molar-refractivity contribution >= 4 is 5.95 Å². The van der Waals surface area contributed by atoms with Crippen molar-refractivity contribution in [2.45, 2.75) is 33.9 Å². The molecule has 0 spiro atoms. The van der Waals surface area contributed by atoms with Gasteiger partial charge in [-0.15, -0.1) is 0 Å². The highest BCUT2D eigenvalue weighted by Crippen LogP contribution is 2.27. The van der Waals surface area contributed by atoms with Gasteiger partial charge in [0.15, 0.2) is 0 Å². The number of hydrogen-bond donors (Lipinski definition) is 2. The van der Waals surface area contributed by atoms with Crippen LogP contribution in [-0.4, -0.2) is 23.1 Å². The average molecular weight is 292 g/mol. The maximum atomic E-state index is 12.2. The van der Waals surface area contributed by atoms with E-state index in [0.29, 0.717) is 18.4 Å². The molecule has 3 N–H and O–H groups in total. The topological polar surface area (TPSA) is 63.8 Å². The molecule has 20 heavy (non-hydrogen) atoms. The van der Waals surface area contributed by atoms with Crippen molar-refractivity contribution in [1.82, 2.24) is 9.97 Å². The first-order valence-corrected chi connectivity index (χ1v) is 6.51. The first-order valence-electron chi connectivity index (χ1n) is 6.51. The van der Waals surface area contributed by atoms with E-state index in [9.17, 15) is 13.2 Å². The first kappa shape index (κ1) is 18.6. The van der Waals surface area contributed by atoms with E-state index in [-0.39, 0.29) is 5.95 Å². The zero-order valence-corrected chi connectivity index (χ0v) is 12.3. The van der Waals surface area contributed by atoms with Crippen LogP contribution in [0.5, 0.6) is 0 Å². The molecule has 0 amide bonds. The highest BCUT2D eigenvalue weighted by molar-refractivity contribution is 5.25. The molecule has 0 unspecified atom stereocenters. The monoisotopic (exact) mass is 292 g/mol. The number of nitrogens with one attached hydrogen (secondary N) is 1. The molecule has 4 nitrogen and oxygen atoms in total. The molecule has 0 aliphatic rings. The molecule has 0 fully saturated rings. The maximum absolute atomic E-state index is 12.2. The van der Waals surface area contributed by atoms with Crippen LogP contribution in [0.25, 0.3) is 0 Å². The van der Waals surface area contributed by atoms with E-state index in [1.807, 2.05) is 13.8 Å². The Bertz CT molecular complexity index is 378. The molecule has 0 saturated carbocycles. The van der Waals surface area contributed by atoms with Gasteiger partial charge in [0.05, 0.1) is 0 Å². The summed E-state index contributed by atoms with van der Waals surface area (Å²) in [4.78, 5) is 7.07. The van der Waals surface area contributed by atoms with Crippen LogP contribution in [0.4, 0.5) is 19.1 Å². The summed E-state index contributed by atoms with van der Waals surface area (Å²) >= 11 is 0. The summed E-state index contributed by atoms with van der Waals surface area (Å²) in [5.74, 6) is 0.997. The summed E-state index contributed by atoms with van der Waals surface area (Å²) in [5, 5.41) is 2.73. The Morgan fingerprint density at radius 1 is 1.20 bits per heavy atom. The van der Waals surface area contributed by atoms with Crippen molar-refractivity contribution in [2.24, 2.45) is 17.6 Å². The smallest absolute Gasteiger partial charge is 0.354 e. The molecule has 116 valence electrons. The summed E-state index contributed by atoms with van der Waals surface area (Å²) in [6.45, 7) is 9.43. The number of nitrogens with two attached hydrogens (primary N) is 1. The largest absolute Gasteiger partial charge is 0.433 e. The van der Waals surface area contributed by atoms with Crippen molar-refractivity contribution in [3.63, 3.8) is 0 Å². The van der Waals surface area contributed by atoms with Gasteiger partial charge in [-0.1, -0.05) is 27.7 Å². The van der Waals surface area contributed by atoms with Crippen LogP contribution in [0.15, 0.2) is 12.3 Å². The van der Waals surface area contributed by atoms with Gasteiger partial charge < -0.3 is 11.1 Å². The van der Waals surface area contributed by atoms with Gasteiger partial charge in [0, 0.05) is 12.7 Å². The van der Waals surface area contributed by atoms with Gasteiger partial charge >= 0.3 is 6.18 Å². The molecule has 1 aromatic heterocycles. The number of nitrogens with zero attached hydrogens (tertiary/aromatic N) is 2. The van der Waals surface area contributed by atoms with Crippen molar-refractivity contribution < 1.29 is 13.2 Å². The molecule has 0 aliphatic carbocycles. The van der Waals surface area contributed by atoms with Crippen LogP contribution in [0.1, 0.15) is 33.4 Å². The number of rotatable bonds is 4. The van der Waals surface area contributed by atoms with Gasteiger partial charge in [0.25, 0.3) is 0 Å². The van der Waals surface area contributed by atoms with E-state index in [2.05, 4.69) is 29.1 Å². The highest BCUT2D eigenvalue weighted by atomic mass is 19.4. The Morgan fingerprint density at radius 3 is 2.15 bits per heavy atom. The molecule has 0 radical (unpaired) electrons. The second-order valence-corrected chi connectivity index (χ2v) is 5.17. The SMILES string of the molecule is CC(C)CN.CC(C)CNc1nccc(C(F)(F)F)n1. The van der Waals surface area contributed by atoms with E-state index in [0.717, 1.165) is 18.8 Å². The number of hydrogen-bond acceptors (Lipinski definition) is 4. The summed E-state index contributed by atoms with van der Waals surface area (Å²) in [5.41, 5.74) is 4.24. The number of anilines is 1. The minimum atomic E-state index is -4.42. The third kappa shape index (κ3) is 8.68. The molecule has 0 atom stereocenters. The number of alkyl halides is 3. The predicted molar refractivity (Wildman–Crippen MR) is 74.3 cm³/mol. The average Bonchev–Trinajstić information content (AvgIpc) is 2.36. The van der Waals surface area contributed by atoms with Crippen molar-refractivity contribution in [2.75, 3.05) is 18.4 Å². The minimum absolute atomic E-state index is 0.0125. The standard InChI is InChI=1S/C9H12F3N3.C4H11N/c1-6(2)5-14-8-13-4-3-7(15-8)9(10,11)12;1-4(2)3-5/h3-4,6H,5H2,1-2H3,(H,13,14,15);4H,3,5H2,1-2H3. The lowest BCUT2D eigenvalue weighted by Gasteiger charge is -2.09. The normalized spacial score (nSPS) is 11.3. The molecule has 7 heteroatoms. The fraction of sp³-hybridized carbons (Fsp3) is 0.692. The minimum Gasteiger partial charge on any atom is -0.354 e. The zero-order valence-electron chi connectivity index (χ0n) is 12.3. The second-order valence-electron chi connectivity index (χ2n) is 5.17. The Morgan fingerprint density at radius 2 is 1.75 bits per heavy atom. The zero-order chi connectivity index (χ0) is 15.8. The third-order valence-corrected chi connectivity index (χ3v) is 2.09. The van der Waals surface area contributed by atoms with Crippen LogP contribution < -0.4 is 11.1 Å². The predicted octanol–water partition coefficient (Wildman–Crippen LogP) is 3.16. The van der Waals surface area contributed by atoms with Gasteiger partial charge in [0.2, 0.25) is 5.95 Å². The van der Waals surface area contributed by atoms with Gasteiger partial charge in [-0.25, -0.2) is 9.97 Å². The number of aromatic nitrogens is 2. The van der Waals surface area contributed by atoms with Crippen molar-refractivity contribution in [3.05, 3.63) is 18.0 Å². The van der Waals surface area contributed by atoms with Crippen molar-refractivity contribution in [3.8, 4) is 0 Å². The molecule has 0 bridgehead atoms. The second kappa shape index (κ2) is 8.73. The Kier molecular flexibility index (Phi) is 8.13. The van der Waals surface area contributed by atoms with Crippen LogP contribution in [0.3, 0.4) is 0 Å². The van der Waals surface area contributed by atoms with E-state index < -0.39 is 11.9 Å². The molecule has 1 aromatic rings. The fourth-order valence-corrected chi connectivity index (χ4v) is 0.897. The van der Waals surface area contributed by atoms with Gasteiger partial charge in [0.1, 0.15) is 5.69 Å². The molecule has 1 rings (SSSR count). The van der Waals surface area contributed by atoms with Crippen LogP contribution in [0, 0.1) is 11.8 Å². The fourth-order valence-electron chi connectivity index (χ4n) is 0.897. The highest BCUT2D eigenvalue weighted by Gasteiger charge is 2.32. The molecule has 0 saturated heterocycles. The van der Waals surface area contributed by atoms with E-state index in [1.54, 1.807) is 0 Å². The first-order chi connectivity index (χ1) is 9.16. The van der Waals surface area contributed by atoms with Gasteiger partial charge in [-0.2, -0.15) is 13.2 Å². The Labute approximate surface area is 118 Å². The van der Waals surface area contributed by atoms with Crippen molar-refractivity contribution in [1.29, 1.82) is 0 Å². The van der Waals surface area contributed by atoms with E-state index >= 15 is 0 Å². The summed E-state index contributed by atoms with van der Waals surface area (Å²) < 4.78 is 36.7. The molecule has 1 heterocycles. The summed E-state index contributed by atoms with van der Waals surface area (Å²) in [7, 11) is 0. The van der Waals surface area contributed by atoms with Crippen LogP contribution in [0.2, 0.25) is 0 Å². The Balaban J connectivity index is 0.000000621. The maximum Gasteiger partial charge on any atom is 0.433 e. The molecular weight excluding hydrogens is 269 g/mol. The number of halogens is 3. The van der Waals surface area contributed by atoms with Gasteiger partial charge in [-0.05, 0) is 24.4 Å². The third-order valence-electron chi connectivity index (χ3n) is 2.09. The van der Waals surface area contributed by atoms with Gasteiger partial charge in [-0.3, -0.25) is 0 Å². The summed E-state index contributed by atoms with van der Waals surface area (Å²) in [6.07, 6.45) is -3.32.